The van der Waals surface area contributed by atoms with Gasteiger partial charge in [-0.15, -0.1) is 0 Å². The summed E-state index contributed by atoms with van der Waals surface area (Å²) in [6, 6.07) is 10.9. The smallest absolute Gasteiger partial charge is 0.125 e. The van der Waals surface area contributed by atoms with Crippen molar-refractivity contribution < 1.29 is 0 Å². The van der Waals surface area contributed by atoms with Gasteiger partial charge in [0.2, 0.25) is 0 Å². The first-order chi connectivity index (χ1) is 15.1. The second-order valence-corrected chi connectivity index (χ2v) is 9.38. The van der Waals surface area contributed by atoms with Crippen molar-refractivity contribution in [3.63, 3.8) is 0 Å². The minimum Gasteiger partial charge on any atom is -0.370 e. The molecule has 2 aromatic heterocycles. The molecular weight excluding hydrogens is 380 g/mol. The quantitative estimate of drug-likeness (QED) is 0.451. The van der Waals surface area contributed by atoms with E-state index in [9.17, 15) is 0 Å². The molecular formula is C27H32N4. The largest absolute Gasteiger partial charge is 0.370 e. The number of anilines is 2. The van der Waals surface area contributed by atoms with Gasteiger partial charge in [-0.25, -0.2) is 9.97 Å². The number of aryl methyl sites for hydroxylation is 1. The molecule has 2 heterocycles. The predicted molar refractivity (Wildman–Crippen MR) is 130 cm³/mol. The van der Waals surface area contributed by atoms with E-state index in [2.05, 4.69) is 71.7 Å². The molecule has 1 aromatic carbocycles. The molecule has 4 nitrogen and oxygen atoms in total. The van der Waals surface area contributed by atoms with Gasteiger partial charge in [-0.05, 0) is 110 Å². The predicted octanol–water partition coefficient (Wildman–Crippen LogP) is 6.38. The van der Waals surface area contributed by atoms with Gasteiger partial charge in [0.25, 0.3) is 0 Å². The van der Waals surface area contributed by atoms with Crippen LogP contribution in [-0.2, 0) is 0 Å². The van der Waals surface area contributed by atoms with Crippen LogP contribution in [0.15, 0.2) is 42.7 Å². The summed E-state index contributed by atoms with van der Waals surface area (Å²) in [4.78, 5) is 9.31. The summed E-state index contributed by atoms with van der Waals surface area (Å²) in [5.74, 6) is 3.64. The van der Waals surface area contributed by atoms with Crippen LogP contribution in [0, 0.1) is 32.6 Å². The van der Waals surface area contributed by atoms with Gasteiger partial charge in [0.05, 0.1) is 0 Å². The third-order valence-electron chi connectivity index (χ3n) is 6.76. The van der Waals surface area contributed by atoms with Crippen molar-refractivity contribution in [2.24, 2.45) is 11.8 Å². The van der Waals surface area contributed by atoms with E-state index in [-0.39, 0.29) is 0 Å². The monoisotopic (exact) mass is 412 g/mol. The van der Waals surface area contributed by atoms with Crippen LogP contribution >= 0.6 is 0 Å². The van der Waals surface area contributed by atoms with E-state index in [1.807, 2.05) is 12.4 Å². The van der Waals surface area contributed by atoms with Gasteiger partial charge in [-0.3, -0.25) is 0 Å². The number of pyridine rings is 2. The van der Waals surface area contributed by atoms with Gasteiger partial charge < -0.3 is 10.6 Å². The molecule has 0 bridgehead atoms. The number of nitrogens with one attached hydrogen (secondary N) is 2. The van der Waals surface area contributed by atoms with Crippen molar-refractivity contribution in [1.82, 2.24) is 9.97 Å². The summed E-state index contributed by atoms with van der Waals surface area (Å²) in [6.45, 7) is 8.72. The Morgan fingerprint density at radius 1 is 0.742 bits per heavy atom. The average Bonchev–Trinajstić information content (AvgIpc) is 3.70. The van der Waals surface area contributed by atoms with Crippen LogP contribution in [-0.4, -0.2) is 23.1 Å². The summed E-state index contributed by atoms with van der Waals surface area (Å²) >= 11 is 0. The molecule has 0 unspecified atom stereocenters. The van der Waals surface area contributed by atoms with Gasteiger partial charge in [-0.1, -0.05) is 6.07 Å². The fraction of sp³-hybridized carbons (Fsp3) is 0.407. The average molecular weight is 413 g/mol. The van der Waals surface area contributed by atoms with E-state index < -0.39 is 0 Å². The summed E-state index contributed by atoms with van der Waals surface area (Å²) in [6.07, 6.45) is 9.41. The second kappa shape index (κ2) is 8.33. The zero-order valence-corrected chi connectivity index (χ0v) is 18.8. The third-order valence-corrected chi connectivity index (χ3v) is 6.76. The number of benzene rings is 1. The molecule has 2 aliphatic rings. The molecule has 0 atom stereocenters. The Kier molecular flexibility index (Phi) is 5.39. The topological polar surface area (TPSA) is 49.8 Å². The van der Waals surface area contributed by atoms with Crippen LogP contribution in [0.1, 0.15) is 42.4 Å². The summed E-state index contributed by atoms with van der Waals surface area (Å²) in [5, 5.41) is 6.91. The number of rotatable bonds is 8. The lowest BCUT2D eigenvalue weighted by Gasteiger charge is -2.18. The molecule has 5 rings (SSSR count). The van der Waals surface area contributed by atoms with Crippen molar-refractivity contribution >= 4 is 11.6 Å². The normalized spacial score (nSPS) is 15.7. The number of aromatic nitrogens is 2. The fourth-order valence-corrected chi connectivity index (χ4v) is 4.27. The maximum Gasteiger partial charge on any atom is 0.125 e. The first kappa shape index (κ1) is 20.0. The minimum absolute atomic E-state index is 0.846. The Bertz CT molecular complexity index is 1060. The number of hydrogen-bond acceptors (Lipinski definition) is 4. The Balaban J connectivity index is 1.37. The SMILES string of the molecule is Cc1cc(-c2ccc(NCC3CC3)nc2)c(C)c(C)c1-c1ccc(NCC2CC2)nc1. The molecule has 0 radical (unpaired) electrons. The van der Waals surface area contributed by atoms with Crippen molar-refractivity contribution in [3.05, 3.63) is 59.4 Å². The number of hydrogen-bond donors (Lipinski definition) is 2. The Morgan fingerprint density at radius 3 is 1.77 bits per heavy atom. The van der Waals surface area contributed by atoms with E-state index in [1.165, 1.54) is 64.6 Å². The molecule has 4 heteroatoms. The molecule has 2 saturated carbocycles. The first-order valence-electron chi connectivity index (χ1n) is 11.6. The highest BCUT2D eigenvalue weighted by Crippen LogP contribution is 2.36. The van der Waals surface area contributed by atoms with E-state index in [1.54, 1.807) is 0 Å². The summed E-state index contributed by atoms with van der Waals surface area (Å²) in [5.41, 5.74) is 8.79. The highest BCUT2D eigenvalue weighted by Gasteiger charge is 2.21. The fourth-order valence-electron chi connectivity index (χ4n) is 4.27. The van der Waals surface area contributed by atoms with Crippen molar-refractivity contribution in [2.45, 2.75) is 46.5 Å². The van der Waals surface area contributed by atoms with Crippen LogP contribution in [0.5, 0.6) is 0 Å². The molecule has 0 saturated heterocycles. The highest BCUT2D eigenvalue weighted by molar-refractivity contribution is 5.79. The maximum atomic E-state index is 4.66. The zero-order chi connectivity index (χ0) is 21.4. The van der Waals surface area contributed by atoms with E-state index in [0.29, 0.717) is 0 Å². The lowest BCUT2D eigenvalue weighted by Crippen LogP contribution is -2.05. The third kappa shape index (κ3) is 4.58. The Morgan fingerprint density at radius 2 is 1.29 bits per heavy atom. The molecule has 31 heavy (non-hydrogen) atoms. The Hall–Kier alpha value is -2.88. The summed E-state index contributed by atoms with van der Waals surface area (Å²) in [7, 11) is 0. The van der Waals surface area contributed by atoms with E-state index in [0.717, 1.165) is 36.6 Å². The van der Waals surface area contributed by atoms with Crippen LogP contribution in [0.3, 0.4) is 0 Å². The van der Waals surface area contributed by atoms with Crippen LogP contribution in [0.4, 0.5) is 11.6 Å². The van der Waals surface area contributed by atoms with Crippen molar-refractivity contribution in [3.8, 4) is 22.3 Å². The Labute approximate surface area is 185 Å². The lowest BCUT2D eigenvalue weighted by atomic mass is 9.88. The molecule has 2 fully saturated rings. The van der Waals surface area contributed by atoms with E-state index in [4.69, 9.17) is 0 Å². The number of nitrogens with zero attached hydrogens (tertiary/aromatic N) is 2. The van der Waals surface area contributed by atoms with Gasteiger partial charge in [0.15, 0.2) is 0 Å². The van der Waals surface area contributed by atoms with Gasteiger partial charge >= 0.3 is 0 Å². The molecule has 160 valence electrons. The van der Waals surface area contributed by atoms with Gasteiger partial charge in [-0.2, -0.15) is 0 Å². The molecule has 3 aromatic rings. The lowest BCUT2D eigenvalue weighted by molar-refractivity contribution is 0.883. The maximum absolute atomic E-state index is 4.66. The molecule has 0 spiro atoms. The van der Waals surface area contributed by atoms with Crippen LogP contribution < -0.4 is 10.6 Å². The van der Waals surface area contributed by atoms with Crippen LogP contribution in [0.25, 0.3) is 22.3 Å². The van der Waals surface area contributed by atoms with Gasteiger partial charge in [0, 0.05) is 36.6 Å². The van der Waals surface area contributed by atoms with Crippen LogP contribution in [0.2, 0.25) is 0 Å². The first-order valence-corrected chi connectivity index (χ1v) is 11.6. The standard InChI is InChI=1S/C27H32N4/c1-17-12-24(22-8-10-25(30-15-22)28-13-20-4-5-20)18(2)19(3)27(17)23-9-11-26(31-16-23)29-14-21-6-7-21/h8-12,15-16,20-21H,4-7,13-14H2,1-3H3,(H,28,30)(H,29,31). The van der Waals surface area contributed by atoms with Crippen molar-refractivity contribution in [1.29, 1.82) is 0 Å². The van der Waals surface area contributed by atoms with E-state index >= 15 is 0 Å². The minimum atomic E-state index is 0.846. The summed E-state index contributed by atoms with van der Waals surface area (Å²) < 4.78 is 0. The highest BCUT2D eigenvalue weighted by atomic mass is 15.0. The molecule has 2 N–H and O–H groups in total. The zero-order valence-electron chi connectivity index (χ0n) is 18.8. The van der Waals surface area contributed by atoms with Gasteiger partial charge in [0.1, 0.15) is 11.6 Å². The molecule has 0 amide bonds. The molecule has 0 aliphatic heterocycles. The second-order valence-electron chi connectivity index (χ2n) is 9.38. The molecule has 2 aliphatic carbocycles. The van der Waals surface area contributed by atoms with Crippen molar-refractivity contribution in [2.75, 3.05) is 23.7 Å².